The minimum absolute atomic E-state index is 0.0990. The van der Waals surface area contributed by atoms with E-state index in [2.05, 4.69) is 22.0 Å². The molecule has 2 N–H and O–H groups in total. The predicted molar refractivity (Wildman–Crippen MR) is 78.7 cm³/mol. The predicted octanol–water partition coefficient (Wildman–Crippen LogP) is 4.49. The molecule has 0 saturated heterocycles. The van der Waals surface area contributed by atoms with Gasteiger partial charge in [0.05, 0.1) is 0 Å². The number of ketones is 1. The summed E-state index contributed by atoms with van der Waals surface area (Å²) in [5.74, 6) is 0.0990. The zero-order chi connectivity index (χ0) is 13.0. The van der Waals surface area contributed by atoms with Crippen molar-refractivity contribution in [3.63, 3.8) is 0 Å². The van der Waals surface area contributed by atoms with Crippen molar-refractivity contribution in [3.05, 3.63) is 39.9 Å². The summed E-state index contributed by atoms with van der Waals surface area (Å²) in [6.45, 7) is 0. The topological polar surface area (TPSA) is 43.1 Å². The number of nitrogen functional groups attached to an aromatic ring is 1. The van der Waals surface area contributed by atoms with Crippen molar-refractivity contribution in [2.75, 3.05) is 5.73 Å². The number of carbonyl (C=O) groups excluding carboxylic acids is 1. The smallest absolute Gasteiger partial charge is 0.190 e. The maximum Gasteiger partial charge on any atom is 0.190 e. The Morgan fingerprint density at radius 3 is 2.72 bits per heavy atom. The van der Waals surface area contributed by atoms with Crippen LogP contribution in [0.25, 0.3) is 0 Å². The minimum Gasteiger partial charge on any atom is -0.398 e. The Labute approximate surface area is 116 Å². The molecule has 0 saturated carbocycles. The number of nitrogens with two attached hydrogens (primary N) is 1. The fourth-order valence-electron chi connectivity index (χ4n) is 2.31. The molecular formula is C15H18BrNO. The van der Waals surface area contributed by atoms with Crippen LogP contribution in [0.2, 0.25) is 0 Å². The molecule has 3 heteroatoms. The number of anilines is 1. The average Bonchev–Trinajstić information content (AvgIpc) is 2.27. The van der Waals surface area contributed by atoms with Gasteiger partial charge in [0.2, 0.25) is 0 Å². The minimum atomic E-state index is 0.0990. The molecule has 18 heavy (non-hydrogen) atoms. The number of benzene rings is 1. The van der Waals surface area contributed by atoms with E-state index < -0.39 is 0 Å². The highest BCUT2D eigenvalue weighted by atomic mass is 79.9. The van der Waals surface area contributed by atoms with Crippen LogP contribution >= 0.6 is 15.9 Å². The summed E-state index contributed by atoms with van der Waals surface area (Å²) in [5, 5.41) is 0. The van der Waals surface area contributed by atoms with Crippen molar-refractivity contribution in [1.29, 1.82) is 0 Å². The number of allylic oxidation sites excluding steroid dienone is 2. The van der Waals surface area contributed by atoms with Crippen molar-refractivity contribution in [2.24, 2.45) is 0 Å². The number of Topliss-reactive ketones (excluding diaryl/α,β-unsaturated/α-hetero) is 1. The van der Waals surface area contributed by atoms with Crippen LogP contribution in [0.3, 0.4) is 0 Å². The lowest BCUT2D eigenvalue weighted by Gasteiger charge is -2.12. The monoisotopic (exact) mass is 307 g/mol. The highest BCUT2D eigenvalue weighted by Crippen LogP contribution is 2.25. The molecule has 0 bridgehead atoms. The van der Waals surface area contributed by atoms with Crippen LogP contribution in [0.5, 0.6) is 0 Å². The molecule has 0 aliphatic heterocycles. The second kappa shape index (κ2) is 6.19. The van der Waals surface area contributed by atoms with E-state index in [1.807, 2.05) is 6.07 Å². The van der Waals surface area contributed by atoms with Crippen LogP contribution in [0.1, 0.15) is 48.9 Å². The Balaban J connectivity index is 2.23. The number of halogens is 1. The molecule has 96 valence electrons. The van der Waals surface area contributed by atoms with Crippen LogP contribution in [-0.4, -0.2) is 5.78 Å². The van der Waals surface area contributed by atoms with Gasteiger partial charge in [0.25, 0.3) is 0 Å². The van der Waals surface area contributed by atoms with Gasteiger partial charge in [0, 0.05) is 15.7 Å². The highest BCUT2D eigenvalue weighted by Gasteiger charge is 2.15. The first-order valence-corrected chi connectivity index (χ1v) is 7.26. The van der Waals surface area contributed by atoms with Gasteiger partial charge in [-0.05, 0) is 49.5 Å². The van der Waals surface area contributed by atoms with Gasteiger partial charge in [-0.1, -0.05) is 34.8 Å². The molecule has 1 aromatic carbocycles. The molecule has 2 rings (SSSR count). The van der Waals surface area contributed by atoms with Crippen molar-refractivity contribution in [1.82, 2.24) is 0 Å². The summed E-state index contributed by atoms with van der Waals surface area (Å²) in [5.41, 5.74) is 8.04. The Hall–Kier alpha value is -1.09. The van der Waals surface area contributed by atoms with Gasteiger partial charge in [-0.15, -0.1) is 0 Å². The van der Waals surface area contributed by atoms with Crippen molar-refractivity contribution in [3.8, 4) is 0 Å². The van der Waals surface area contributed by atoms with E-state index in [1.165, 1.54) is 19.3 Å². The molecule has 0 heterocycles. The first-order valence-electron chi connectivity index (χ1n) is 6.47. The lowest BCUT2D eigenvalue weighted by atomic mass is 9.93. The molecule has 1 aliphatic carbocycles. The fourth-order valence-corrected chi connectivity index (χ4v) is 2.69. The SMILES string of the molecule is Nc1cc(Br)ccc1C(=O)/C1=C/CCCCCC1. The van der Waals surface area contributed by atoms with Gasteiger partial charge >= 0.3 is 0 Å². The van der Waals surface area contributed by atoms with Crippen molar-refractivity contribution >= 4 is 27.4 Å². The molecule has 0 radical (unpaired) electrons. The second-order valence-corrected chi connectivity index (χ2v) is 5.66. The van der Waals surface area contributed by atoms with E-state index in [0.717, 1.165) is 29.3 Å². The summed E-state index contributed by atoms with van der Waals surface area (Å²) < 4.78 is 0.906. The Morgan fingerprint density at radius 1 is 1.17 bits per heavy atom. The maximum absolute atomic E-state index is 12.4. The number of carbonyl (C=O) groups is 1. The van der Waals surface area contributed by atoms with Crippen molar-refractivity contribution < 1.29 is 4.79 Å². The standard InChI is InChI=1S/C15H18BrNO/c16-12-8-9-13(14(17)10-12)15(18)11-6-4-2-1-3-5-7-11/h6,8-10H,1-5,7,17H2/b11-6+. The highest BCUT2D eigenvalue weighted by molar-refractivity contribution is 9.10. The summed E-state index contributed by atoms with van der Waals surface area (Å²) >= 11 is 3.36. The quantitative estimate of drug-likeness (QED) is 0.646. The van der Waals surface area contributed by atoms with Crippen molar-refractivity contribution in [2.45, 2.75) is 38.5 Å². The Morgan fingerprint density at radius 2 is 1.94 bits per heavy atom. The van der Waals surface area contributed by atoms with E-state index in [9.17, 15) is 4.79 Å². The first-order chi connectivity index (χ1) is 8.68. The third kappa shape index (κ3) is 3.22. The summed E-state index contributed by atoms with van der Waals surface area (Å²) in [4.78, 5) is 12.4. The molecule has 0 unspecified atom stereocenters. The van der Waals surface area contributed by atoms with Gasteiger partial charge in [-0.25, -0.2) is 0 Å². The first kappa shape index (κ1) is 13.3. The van der Waals surface area contributed by atoms with Gasteiger partial charge in [-0.3, -0.25) is 4.79 Å². The molecule has 0 fully saturated rings. The van der Waals surface area contributed by atoms with Crippen LogP contribution in [0.15, 0.2) is 34.3 Å². The summed E-state index contributed by atoms with van der Waals surface area (Å²) in [6.07, 6.45) is 8.79. The van der Waals surface area contributed by atoms with Crippen LogP contribution in [0.4, 0.5) is 5.69 Å². The van der Waals surface area contributed by atoms with E-state index in [1.54, 1.807) is 12.1 Å². The molecule has 0 amide bonds. The molecule has 0 atom stereocenters. The molecule has 0 spiro atoms. The summed E-state index contributed by atoms with van der Waals surface area (Å²) in [6, 6.07) is 5.46. The second-order valence-electron chi connectivity index (χ2n) is 4.74. The Bertz CT molecular complexity index is 479. The molecular weight excluding hydrogens is 290 g/mol. The Kier molecular flexibility index (Phi) is 4.59. The molecule has 2 nitrogen and oxygen atoms in total. The molecule has 1 aliphatic rings. The number of rotatable bonds is 2. The van der Waals surface area contributed by atoms with Gasteiger partial charge in [0.1, 0.15) is 0 Å². The number of hydrogen-bond donors (Lipinski definition) is 1. The van der Waals surface area contributed by atoms with Gasteiger partial charge in [0.15, 0.2) is 5.78 Å². The average molecular weight is 308 g/mol. The normalized spacial score (nSPS) is 19.5. The lowest BCUT2D eigenvalue weighted by Crippen LogP contribution is -2.08. The number of hydrogen-bond acceptors (Lipinski definition) is 2. The largest absolute Gasteiger partial charge is 0.398 e. The van der Waals surface area contributed by atoms with E-state index >= 15 is 0 Å². The van der Waals surface area contributed by atoms with E-state index in [-0.39, 0.29) is 5.78 Å². The molecule has 1 aromatic rings. The maximum atomic E-state index is 12.4. The zero-order valence-corrected chi connectivity index (χ0v) is 12.0. The van der Waals surface area contributed by atoms with Crippen LogP contribution in [0, 0.1) is 0 Å². The third-order valence-electron chi connectivity index (χ3n) is 3.34. The fraction of sp³-hybridized carbons (Fsp3) is 0.400. The van der Waals surface area contributed by atoms with Crippen LogP contribution < -0.4 is 5.73 Å². The third-order valence-corrected chi connectivity index (χ3v) is 3.83. The van der Waals surface area contributed by atoms with Gasteiger partial charge in [-0.2, -0.15) is 0 Å². The van der Waals surface area contributed by atoms with E-state index in [0.29, 0.717) is 11.3 Å². The lowest BCUT2D eigenvalue weighted by molar-refractivity contribution is 0.103. The van der Waals surface area contributed by atoms with E-state index in [4.69, 9.17) is 5.73 Å². The molecule has 0 aromatic heterocycles. The van der Waals surface area contributed by atoms with Crippen LogP contribution in [-0.2, 0) is 0 Å². The van der Waals surface area contributed by atoms with Gasteiger partial charge < -0.3 is 5.73 Å². The summed E-state index contributed by atoms with van der Waals surface area (Å²) in [7, 11) is 0. The zero-order valence-electron chi connectivity index (χ0n) is 10.4.